The van der Waals surface area contributed by atoms with Crippen LogP contribution in [0.5, 0.6) is 5.75 Å². The number of hydrogen-bond donors (Lipinski definition) is 5. The molecular weight excluding hydrogens is 348 g/mol. The third-order valence-electron chi connectivity index (χ3n) is 3.60. The van der Waals surface area contributed by atoms with E-state index in [2.05, 4.69) is 4.99 Å². The molecule has 0 aliphatic heterocycles. The van der Waals surface area contributed by atoms with E-state index in [1.165, 1.54) is 12.1 Å². The van der Waals surface area contributed by atoms with Crippen LogP contribution in [0.2, 0.25) is 0 Å². The molecule has 1 aromatic rings. The molecule has 0 amide bonds. The zero-order valence-corrected chi connectivity index (χ0v) is 14.6. The molecule has 9 heteroatoms. The first-order valence-electron chi connectivity index (χ1n) is 7.64. The predicted molar refractivity (Wildman–Crippen MR) is 97.7 cm³/mol. The number of halogens is 1. The molecular formula is C16H25ClN4O4. The van der Waals surface area contributed by atoms with Crippen LogP contribution in [0.4, 0.5) is 0 Å². The van der Waals surface area contributed by atoms with Crippen LogP contribution in [-0.4, -0.2) is 40.5 Å². The van der Waals surface area contributed by atoms with E-state index in [1.54, 1.807) is 12.1 Å². The normalized spacial score (nSPS) is 12.5. The molecule has 0 saturated heterocycles. The van der Waals surface area contributed by atoms with Crippen LogP contribution in [-0.2, 0) is 16.0 Å². The van der Waals surface area contributed by atoms with Crippen LogP contribution in [0.1, 0.15) is 24.8 Å². The third-order valence-corrected chi connectivity index (χ3v) is 3.60. The van der Waals surface area contributed by atoms with E-state index in [4.69, 9.17) is 17.2 Å². The number of aliphatic imine (C=N–C) groups is 1. The maximum absolute atomic E-state index is 12.1. The van der Waals surface area contributed by atoms with E-state index < -0.39 is 17.9 Å². The molecule has 8 nitrogen and oxygen atoms in total. The molecule has 140 valence electrons. The molecule has 0 aromatic heterocycles. The number of aliphatic carboxylic acids is 1. The van der Waals surface area contributed by atoms with Gasteiger partial charge in [-0.15, -0.1) is 12.4 Å². The molecule has 0 fully saturated rings. The zero-order valence-electron chi connectivity index (χ0n) is 13.8. The lowest BCUT2D eigenvalue weighted by Gasteiger charge is -2.15. The van der Waals surface area contributed by atoms with Gasteiger partial charge in [-0.25, -0.2) is 0 Å². The van der Waals surface area contributed by atoms with Crippen molar-refractivity contribution in [3.8, 4) is 5.75 Å². The molecule has 0 spiro atoms. The Hall–Kier alpha value is -2.32. The number of phenols is 1. The Morgan fingerprint density at radius 3 is 2.28 bits per heavy atom. The maximum atomic E-state index is 12.1. The van der Waals surface area contributed by atoms with E-state index in [1.807, 2.05) is 0 Å². The second-order valence-corrected chi connectivity index (χ2v) is 5.63. The van der Waals surface area contributed by atoms with Crippen LogP contribution in [0.25, 0.3) is 0 Å². The number of ketones is 1. The van der Waals surface area contributed by atoms with Crippen LogP contribution in [0.3, 0.4) is 0 Å². The number of carboxylic acids is 1. The molecule has 0 aliphatic rings. The predicted octanol–water partition coefficient (Wildman–Crippen LogP) is 0.397. The van der Waals surface area contributed by atoms with Gasteiger partial charge in [-0.2, -0.15) is 0 Å². The van der Waals surface area contributed by atoms with Gasteiger partial charge in [-0.1, -0.05) is 12.1 Å². The van der Waals surface area contributed by atoms with Crippen LogP contribution in [0, 0.1) is 5.92 Å². The average molecular weight is 373 g/mol. The zero-order chi connectivity index (χ0) is 18.1. The summed E-state index contributed by atoms with van der Waals surface area (Å²) in [5.74, 6) is -2.12. The highest BCUT2D eigenvalue weighted by Crippen LogP contribution is 2.17. The summed E-state index contributed by atoms with van der Waals surface area (Å²) in [6.07, 6.45) is 0.989. The highest BCUT2D eigenvalue weighted by molar-refractivity contribution is 5.87. The van der Waals surface area contributed by atoms with Crippen LogP contribution < -0.4 is 17.2 Å². The Morgan fingerprint density at radius 2 is 1.76 bits per heavy atom. The molecule has 0 aliphatic carbocycles. The number of carbonyl (C=O) groups excluding carboxylic acids is 1. The van der Waals surface area contributed by atoms with Crippen LogP contribution in [0.15, 0.2) is 29.3 Å². The quantitative estimate of drug-likeness (QED) is 0.225. The lowest BCUT2D eigenvalue weighted by atomic mass is 9.91. The Bertz CT molecular complexity index is 588. The molecule has 1 rings (SSSR count). The Labute approximate surface area is 152 Å². The number of Topliss-reactive ketones (excluding diaryl/α,β-unsaturated/α-hetero) is 1. The number of carboxylic acid groups (broad SMARTS) is 1. The summed E-state index contributed by atoms with van der Waals surface area (Å²) in [6, 6.07) is 5.48. The van der Waals surface area contributed by atoms with Gasteiger partial charge in [0, 0.05) is 13.0 Å². The number of rotatable bonds is 10. The second-order valence-electron chi connectivity index (χ2n) is 5.63. The summed E-state index contributed by atoms with van der Waals surface area (Å²) < 4.78 is 0. The summed E-state index contributed by atoms with van der Waals surface area (Å²) in [5.41, 5.74) is 16.9. The van der Waals surface area contributed by atoms with Crippen molar-refractivity contribution in [3.63, 3.8) is 0 Å². The highest BCUT2D eigenvalue weighted by atomic mass is 35.5. The van der Waals surface area contributed by atoms with Crippen molar-refractivity contribution in [2.45, 2.75) is 31.7 Å². The van der Waals surface area contributed by atoms with E-state index in [-0.39, 0.29) is 42.7 Å². The largest absolute Gasteiger partial charge is 0.508 e. The fourth-order valence-corrected chi connectivity index (χ4v) is 2.24. The van der Waals surface area contributed by atoms with Crippen molar-refractivity contribution in [1.82, 2.24) is 0 Å². The van der Waals surface area contributed by atoms with Crippen molar-refractivity contribution in [2.75, 3.05) is 6.54 Å². The van der Waals surface area contributed by atoms with Crippen molar-refractivity contribution in [2.24, 2.45) is 28.1 Å². The molecule has 0 heterocycles. The van der Waals surface area contributed by atoms with Gasteiger partial charge in [-0.05, 0) is 37.0 Å². The molecule has 2 atom stereocenters. The smallest absolute Gasteiger partial charge is 0.307 e. The lowest BCUT2D eigenvalue weighted by molar-refractivity contribution is -0.143. The fraction of sp³-hybridized carbons (Fsp3) is 0.438. The Morgan fingerprint density at radius 1 is 1.16 bits per heavy atom. The van der Waals surface area contributed by atoms with Crippen molar-refractivity contribution >= 4 is 30.1 Å². The van der Waals surface area contributed by atoms with Gasteiger partial charge >= 0.3 is 5.97 Å². The van der Waals surface area contributed by atoms with Crippen molar-refractivity contribution < 1.29 is 19.8 Å². The summed E-state index contributed by atoms with van der Waals surface area (Å²) in [4.78, 5) is 27.3. The first-order valence-corrected chi connectivity index (χ1v) is 7.64. The molecule has 0 saturated carbocycles. The van der Waals surface area contributed by atoms with Gasteiger partial charge in [-0.3, -0.25) is 14.6 Å². The van der Waals surface area contributed by atoms with Gasteiger partial charge in [0.05, 0.1) is 12.0 Å². The van der Waals surface area contributed by atoms with Gasteiger partial charge in [0.2, 0.25) is 0 Å². The number of nitrogens with zero attached hydrogens (tertiary/aromatic N) is 1. The van der Waals surface area contributed by atoms with Gasteiger partial charge < -0.3 is 27.4 Å². The number of nitrogens with two attached hydrogens (primary N) is 3. The monoisotopic (exact) mass is 372 g/mol. The minimum absolute atomic E-state index is 0. The highest BCUT2D eigenvalue weighted by Gasteiger charge is 2.24. The fourth-order valence-electron chi connectivity index (χ4n) is 2.24. The minimum Gasteiger partial charge on any atom is -0.508 e. The molecule has 0 radical (unpaired) electrons. The Kier molecular flexibility index (Phi) is 10.2. The standard InChI is InChI=1S/C16H24N4O4.ClH/c17-13(2-1-7-20-16(18)19)14(22)9-11(15(23)24)8-10-3-5-12(21)6-4-10;/h3-6,11,13,21H,1-2,7-9,17H2,(H,23,24)(H4,18,19,20);1H/t11-,13+;/m1./s1. The number of carbonyl (C=O) groups is 2. The van der Waals surface area contributed by atoms with E-state index >= 15 is 0 Å². The summed E-state index contributed by atoms with van der Waals surface area (Å²) in [7, 11) is 0. The summed E-state index contributed by atoms with van der Waals surface area (Å²) in [5, 5.41) is 18.6. The maximum Gasteiger partial charge on any atom is 0.307 e. The van der Waals surface area contributed by atoms with Gasteiger partial charge in [0.1, 0.15) is 11.5 Å². The van der Waals surface area contributed by atoms with Crippen molar-refractivity contribution in [3.05, 3.63) is 29.8 Å². The number of aromatic hydroxyl groups is 1. The molecule has 8 N–H and O–H groups in total. The number of phenolic OH excluding ortho intramolecular Hbond substituents is 1. The minimum atomic E-state index is -1.05. The van der Waals surface area contributed by atoms with Crippen molar-refractivity contribution in [1.29, 1.82) is 0 Å². The molecule has 0 unspecified atom stereocenters. The molecule has 0 bridgehead atoms. The van der Waals surface area contributed by atoms with E-state index in [0.717, 1.165) is 5.56 Å². The van der Waals surface area contributed by atoms with E-state index in [0.29, 0.717) is 19.4 Å². The first-order chi connectivity index (χ1) is 11.3. The summed E-state index contributed by atoms with van der Waals surface area (Å²) in [6.45, 7) is 0.374. The second kappa shape index (κ2) is 11.3. The van der Waals surface area contributed by atoms with E-state index in [9.17, 15) is 19.8 Å². The number of hydrogen-bond acceptors (Lipinski definition) is 5. The SMILES string of the molecule is Cl.NC(N)=NCCC[C@H](N)C(=O)C[C@@H](Cc1ccc(O)cc1)C(=O)O. The van der Waals surface area contributed by atoms with Crippen LogP contribution >= 0.6 is 12.4 Å². The topological polar surface area (TPSA) is 165 Å². The lowest BCUT2D eigenvalue weighted by Crippen LogP contribution is -2.34. The summed E-state index contributed by atoms with van der Waals surface area (Å²) >= 11 is 0. The average Bonchev–Trinajstić information content (AvgIpc) is 2.52. The number of guanidine groups is 1. The molecule has 1 aromatic carbocycles. The first kappa shape index (κ1) is 22.7. The Balaban J connectivity index is 0.00000576. The number of benzene rings is 1. The van der Waals surface area contributed by atoms with Gasteiger partial charge in [0.25, 0.3) is 0 Å². The molecule has 25 heavy (non-hydrogen) atoms. The van der Waals surface area contributed by atoms with Gasteiger partial charge in [0.15, 0.2) is 5.96 Å². The third kappa shape index (κ3) is 8.92.